The van der Waals surface area contributed by atoms with Gasteiger partial charge in [0.1, 0.15) is 12.4 Å². The minimum atomic E-state index is 0.276. The third-order valence-electron chi connectivity index (χ3n) is 3.29. The van der Waals surface area contributed by atoms with Crippen molar-refractivity contribution in [1.82, 2.24) is 9.97 Å². The van der Waals surface area contributed by atoms with Gasteiger partial charge in [0.05, 0.1) is 5.69 Å². The lowest BCUT2D eigenvalue weighted by molar-refractivity contribution is 0.306. The average molecular weight is 337 g/mol. The van der Waals surface area contributed by atoms with E-state index in [-0.39, 0.29) is 5.95 Å². The van der Waals surface area contributed by atoms with Crippen LogP contribution in [0.2, 0.25) is 5.02 Å². The van der Waals surface area contributed by atoms with E-state index < -0.39 is 0 Å². The maximum Gasteiger partial charge on any atom is 0.236 e. The average Bonchev–Trinajstić information content (AvgIpc) is 2.62. The fourth-order valence-electron chi connectivity index (χ4n) is 2.10. The standard InChI is InChI=1S/C18H13ClN4O/c19-15-5-1-13(2-6-15)11-24-16-7-3-14(4-8-16)17-9-10-21-18(23-17)22-12-20/h1-10H,11H2,(H,21,22,23). The molecule has 0 aliphatic carbocycles. The zero-order valence-electron chi connectivity index (χ0n) is 12.6. The molecule has 1 aromatic heterocycles. The summed E-state index contributed by atoms with van der Waals surface area (Å²) in [5.41, 5.74) is 2.69. The van der Waals surface area contributed by atoms with E-state index in [4.69, 9.17) is 21.6 Å². The molecule has 0 aliphatic heterocycles. The third kappa shape index (κ3) is 4.00. The first-order chi connectivity index (χ1) is 11.7. The highest BCUT2D eigenvalue weighted by Gasteiger charge is 2.03. The minimum absolute atomic E-state index is 0.276. The van der Waals surface area contributed by atoms with Crippen molar-refractivity contribution in [2.24, 2.45) is 0 Å². The predicted octanol–water partition coefficient (Wildman–Crippen LogP) is 4.27. The lowest BCUT2D eigenvalue weighted by Gasteiger charge is -2.08. The van der Waals surface area contributed by atoms with Crippen LogP contribution in [0.1, 0.15) is 5.56 Å². The molecule has 3 rings (SSSR count). The lowest BCUT2D eigenvalue weighted by Crippen LogP contribution is -1.97. The molecule has 2 aromatic carbocycles. The van der Waals surface area contributed by atoms with Crippen LogP contribution in [-0.2, 0) is 6.61 Å². The molecule has 24 heavy (non-hydrogen) atoms. The summed E-state index contributed by atoms with van der Waals surface area (Å²) in [6.07, 6.45) is 3.41. The van der Waals surface area contributed by atoms with Crippen LogP contribution in [0.3, 0.4) is 0 Å². The van der Waals surface area contributed by atoms with Crippen LogP contribution in [0.4, 0.5) is 5.95 Å². The monoisotopic (exact) mass is 336 g/mol. The molecule has 0 unspecified atom stereocenters. The van der Waals surface area contributed by atoms with Gasteiger partial charge in [-0.2, -0.15) is 5.26 Å². The third-order valence-corrected chi connectivity index (χ3v) is 3.54. The highest BCUT2D eigenvalue weighted by Crippen LogP contribution is 2.22. The molecule has 0 bridgehead atoms. The number of nitriles is 1. The van der Waals surface area contributed by atoms with Crippen molar-refractivity contribution in [3.63, 3.8) is 0 Å². The number of nitrogens with one attached hydrogen (secondary N) is 1. The van der Waals surface area contributed by atoms with E-state index in [1.807, 2.05) is 48.5 Å². The second kappa shape index (κ2) is 7.44. The van der Waals surface area contributed by atoms with Crippen LogP contribution < -0.4 is 10.1 Å². The number of hydrogen-bond acceptors (Lipinski definition) is 5. The van der Waals surface area contributed by atoms with E-state index in [0.29, 0.717) is 11.6 Å². The second-order valence-corrected chi connectivity index (χ2v) is 5.38. The molecule has 1 N–H and O–H groups in total. The Morgan fingerprint density at radius 3 is 2.50 bits per heavy atom. The SMILES string of the molecule is N#CNc1nccc(-c2ccc(OCc3ccc(Cl)cc3)cc2)n1. The normalized spacial score (nSPS) is 10.0. The predicted molar refractivity (Wildman–Crippen MR) is 92.5 cm³/mol. The van der Waals surface area contributed by atoms with Crippen molar-refractivity contribution in [2.45, 2.75) is 6.61 Å². The van der Waals surface area contributed by atoms with Crippen molar-refractivity contribution in [3.05, 3.63) is 71.4 Å². The number of anilines is 1. The first-order valence-corrected chi connectivity index (χ1v) is 7.58. The van der Waals surface area contributed by atoms with Gasteiger partial charge in [-0.05, 0) is 48.0 Å². The van der Waals surface area contributed by atoms with Crippen LogP contribution >= 0.6 is 11.6 Å². The Balaban J connectivity index is 1.68. The number of halogens is 1. The quantitative estimate of drug-likeness (QED) is 0.556. The van der Waals surface area contributed by atoms with Crippen molar-refractivity contribution in [2.75, 3.05) is 5.32 Å². The molecule has 0 radical (unpaired) electrons. The summed E-state index contributed by atoms with van der Waals surface area (Å²) >= 11 is 5.86. The largest absolute Gasteiger partial charge is 0.489 e. The first kappa shape index (κ1) is 15.8. The summed E-state index contributed by atoms with van der Waals surface area (Å²) in [7, 11) is 0. The van der Waals surface area contributed by atoms with Crippen LogP contribution in [0, 0.1) is 11.5 Å². The van der Waals surface area contributed by atoms with Gasteiger partial charge in [0.25, 0.3) is 0 Å². The Morgan fingerprint density at radius 2 is 1.79 bits per heavy atom. The highest BCUT2D eigenvalue weighted by atomic mass is 35.5. The Bertz CT molecular complexity index is 857. The first-order valence-electron chi connectivity index (χ1n) is 7.20. The number of hydrogen-bond donors (Lipinski definition) is 1. The number of nitrogens with zero attached hydrogens (tertiary/aromatic N) is 3. The fourth-order valence-corrected chi connectivity index (χ4v) is 2.22. The van der Waals surface area contributed by atoms with E-state index in [1.54, 1.807) is 18.5 Å². The molecule has 6 heteroatoms. The Hall–Kier alpha value is -3.10. The molecule has 5 nitrogen and oxygen atoms in total. The van der Waals surface area contributed by atoms with E-state index in [1.165, 1.54) is 0 Å². The molecular formula is C18H13ClN4O. The number of rotatable bonds is 5. The summed E-state index contributed by atoms with van der Waals surface area (Å²) in [6, 6.07) is 16.9. The molecule has 0 atom stereocenters. The van der Waals surface area contributed by atoms with Crippen LogP contribution in [0.5, 0.6) is 5.75 Å². The van der Waals surface area contributed by atoms with Gasteiger partial charge in [0, 0.05) is 16.8 Å². The summed E-state index contributed by atoms with van der Waals surface area (Å²) in [6.45, 7) is 0.472. The maximum atomic E-state index is 8.62. The van der Waals surface area contributed by atoms with Gasteiger partial charge >= 0.3 is 0 Å². The fraction of sp³-hybridized carbons (Fsp3) is 0.0556. The zero-order chi connectivity index (χ0) is 16.8. The van der Waals surface area contributed by atoms with E-state index in [9.17, 15) is 0 Å². The van der Waals surface area contributed by atoms with E-state index in [0.717, 1.165) is 22.6 Å². The Morgan fingerprint density at radius 1 is 1.04 bits per heavy atom. The smallest absolute Gasteiger partial charge is 0.236 e. The Kier molecular flexibility index (Phi) is 4.90. The van der Waals surface area contributed by atoms with Gasteiger partial charge in [-0.25, -0.2) is 9.97 Å². The van der Waals surface area contributed by atoms with Crippen LogP contribution in [-0.4, -0.2) is 9.97 Å². The molecule has 0 aliphatic rings. The molecular weight excluding hydrogens is 324 g/mol. The summed E-state index contributed by atoms with van der Waals surface area (Å²) < 4.78 is 5.75. The summed E-state index contributed by atoms with van der Waals surface area (Å²) in [5, 5.41) is 11.7. The topological polar surface area (TPSA) is 70.8 Å². The van der Waals surface area contributed by atoms with Gasteiger partial charge in [0.2, 0.25) is 5.95 Å². The minimum Gasteiger partial charge on any atom is -0.489 e. The highest BCUT2D eigenvalue weighted by molar-refractivity contribution is 6.30. The van der Waals surface area contributed by atoms with Crippen molar-refractivity contribution in [3.8, 4) is 23.2 Å². The summed E-state index contributed by atoms with van der Waals surface area (Å²) in [5.74, 6) is 1.04. The van der Waals surface area contributed by atoms with Crippen LogP contribution in [0.25, 0.3) is 11.3 Å². The number of aromatic nitrogens is 2. The summed E-state index contributed by atoms with van der Waals surface area (Å²) in [4.78, 5) is 8.23. The molecule has 3 aromatic rings. The van der Waals surface area contributed by atoms with Gasteiger partial charge in [-0.15, -0.1) is 0 Å². The van der Waals surface area contributed by atoms with Crippen LogP contribution in [0.15, 0.2) is 60.8 Å². The lowest BCUT2D eigenvalue weighted by atomic mass is 10.1. The van der Waals surface area contributed by atoms with Gasteiger partial charge in [-0.1, -0.05) is 23.7 Å². The zero-order valence-corrected chi connectivity index (χ0v) is 13.4. The molecule has 0 fully saturated rings. The molecule has 0 saturated carbocycles. The molecule has 118 valence electrons. The second-order valence-electron chi connectivity index (χ2n) is 4.94. The van der Waals surface area contributed by atoms with Gasteiger partial charge in [-0.3, -0.25) is 5.32 Å². The van der Waals surface area contributed by atoms with Crippen molar-refractivity contribution in [1.29, 1.82) is 5.26 Å². The van der Waals surface area contributed by atoms with Crippen molar-refractivity contribution < 1.29 is 4.74 Å². The number of benzene rings is 2. The van der Waals surface area contributed by atoms with E-state index >= 15 is 0 Å². The number of ether oxygens (including phenoxy) is 1. The van der Waals surface area contributed by atoms with E-state index in [2.05, 4.69) is 15.3 Å². The van der Waals surface area contributed by atoms with Gasteiger partial charge < -0.3 is 4.74 Å². The van der Waals surface area contributed by atoms with Gasteiger partial charge in [0.15, 0.2) is 6.19 Å². The Labute approximate surface area is 144 Å². The maximum absolute atomic E-state index is 8.62. The molecule has 0 amide bonds. The molecule has 1 heterocycles. The molecule has 0 spiro atoms. The van der Waals surface area contributed by atoms with Crippen molar-refractivity contribution >= 4 is 17.5 Å². The molecule has 0 saturated heterocycles.